The molecule has 0 aliphatic rings. The molecule has 0 aromatic carbocycles. The fraction of sp³-hybridized carbons (Fsp3) is 0.300. The van der Waals surface area contributed by atoms with E-state index in [9.17, 15) is 5.11 Å². The van der Waals surface area contributed by atoms with Crippen molar-refractivity contribution in [2.24, 2.45) is 0 Å². The Morgan fingerprint density at radius 3 is 3.07 bits per heavy atom. The molecule has 0 atom stereocenters. The van der Waals surface area contributed by atoms with Crippen molar-refractivity contribution < 1.29 is 5.11 Å². The number of imidazole rings is 1. The van der Waals surface area contributed by atoms with Crippen molar-refractivity contribution >= 4 is 21.4 Å². The number of nitrogens with zero attached hydrogens (tertiary/aromatic N) is 2. The van der Waals surface area contributed by atoms with Crippen molar-refractivity contribution in [3.8, 4) is 5.88 Å². The maximum Gasteiger partial charge on any atom is 0.197 e. The first-order valence-electron chi connectivity index (χ1n) is 4.73. The average Bonchev–Trinajstić information content (AvgIpc) is 2.55. The molecule has 0 bridgehead atoms. The number of hydrogen-bond acceptors (Lipinski definition) is 3. The van der Waals surface area contributed by atoms with Crippen LogP contribution in [0.4, 0.5) is 0 Å². The van der Waals surface area contributed by atoms with Crippen LogP contribution in [0, 0.1) is 0 Å². The lowest BCUT2D eigenvalue weighted by Gasteiger charge is -2.02. The summed E-state index contributed by atoms with van der Waals surface area (Å²) in [5.41, 5.74) is 0.890. The highest BCUT2D eigenvalue weighted by Crippen LogP contribution is 2.23. The van der Waals surface area contributed by atoms with Crippen LogP contribution in [0.25, 0.3) is 5.52 Å². The molecule has 2 aromatic rings. The monoisotopic (exact) mass is 269 g/mol. The SMILES string of the molecule is CNCCc1nc(Br)c2cccc(O)n12. The zero-order valence-electron chi connectivity index (χ0n) is 8.37. The van der Waals surface area contributed by atoms with E-state index in [0.29, 0.717) is 0 Å². The van der Waals surface area contributed by atoms with Gasteiger partial charge in [0.2, 0.25) is 0 Å². The molecule has 0 unspecified atom stereocenters. The Bertz CT molecular complexity index is 481. The average molecular weight is 270 g/mol. The maximum atomic E-state index is 9.75. The lowest BCUT2D eigenvalue weighted by molar-refractivity contribution is 0.442. The highest BCUT2D eigenvalue weighted by Gasteiger charge is 2.10. The van der Waals surface area contributed by atoms with Crippen molar-refractivity contribution in [2.75, 3.05) is 13.6 Å². The van der Waals surface area contributed by atoms with E-state index in [1.165, 1.54) is 0 Å². The third-order valence-electron chi connectivity index (χ3n) is 2.26. The van der Waals surface area contributed by atoms with Crippen LogP contribution in [0.15, 0.2) is 22.8 Å². The predicted octanol–water partition coefficient (Wildman–Crippen LogP) is 1.56. The number of pyridine rings is 1. The van der Waals surface area contributed by atoms with Crippen molar-refractivity contribution in [2.45, 2.75) is 6.42 Å². The minimum atomic E-state index is 0.219. The Balaban J connectivity index is 2.54. The summed E-state index contributed by atoms with van der Waals surface area (Å²) < 4.78 is 2.52. The van der Waals surface area contributed by atoms with Crippen LogP contribution in [-0.2, 0) is 6.42 Å². The first-order chi connectivity index (χ1) is 7.24. The van der Waals surface area contributed by atoms with Crippen molar-refractivity contribution in [3.05, 3.63) is 28.6 Å². The topological polar surface area (TPSA) is 49.6 Å². The number of nitrogens with one attached hydrogen (secondary N) is 1. The van der Waals surface area contributed by atoms with Crippen LogP contribution in [0.1, 0.15) is 5.82 Å². The van der Waals surface area contributed by atoms with Gasteiger partial charge in [0.15, 0.2) is 5.88 Å². The van der Waals surface area contributed by atoms with Crippen molar-refractivity contribution in [1.82, 2.24) is 14.7 Å². The number of aromatic nitrogens is 2. The highest BCUT2D eigenvalue weighted by atomic mass is 79.9. The molecule has 2 heterocycles. The van der Waals surface area contributed by atoms with E-state index in [-0.39, 0.29) is 5.88 Å². The zero-order chi connectivity index (χ0) is 10.8. The van der Waals surface area contributed by atoms with Gasteiger partial charge in [-0.05, 0) is 35.1 Å². The Kier molecular flexibility index (Phi) is 2.93. The molecule has 4 nitrogen and oxygen atoms in total. The van der Waals surface area contributed by atoms with E-state index in [4.69, 9.17) is 0 Å². The summed E-state index contributed by atoms with van der Waals surface area (Å²) in [6, 6.07) is 5.38. The number of aromatic hydroxyl groups is 1. The summed E-state index contributed by atoms with van der Waals surface area (Å²) in [6.07, 6.45) is 0.779. The summed E-state index contributed by atoms with van der Waals surface area (Å²) >= 11 is 3.38. The van der Waals surface area contributed by atoms with Crippen molar-refractivity contribution in [3.63, 3.8) is 0 Å². The van der Waals surface area contributed by atoms with E-state index < -0.39 is 0 Å². The summed E-state index contributed by atoms with van der Waals surface area (Å²) in [7, 11) is 1.89. The van der Waals surface area contributed by atoms with Gasteiger partial charge in [-0.1, -0.05) is 6.07 Å². The third kappa shape index (κ3) is 1.85. The van der Waals surface area contributed by atoms with E-state index >= 15 is 0 Å². The lowest BCUT2D eigenvalue weighted by atomic mass is 10.4. The van der Waals surface area contributed by atoms with Gasteiger partial charge in [-0.2, -0.15) is 0 Å². The minimum Gasteiger partial charge on any atom is -0.494 e. The fourth-order valence-corrected chi connectivity index (χ4v) is 2.07. The second kappa shape index (κ2) is 4.20. The molecule has 0 aliphatic carbocycles. The minimum absolute atomic E-state index is 0.219. The lowest BCUT2D eigenvalue weighted by Crippen LogP contribution is -2.12. The third-order valence-corrected chi connectivity index (χ3v) is 2.85. The fourth-order valence-electron chi connectivity index (χ4n) is 1.56. The second-order valence-electron chi connectivity index (χ2n) is 3.28. The molecule has 15 heavy (non-hydrogen) atoms. The Hall–Kier alpha value is -1.07. The van der Waals surface area contributed by atoms with E-state index in [0.717, 1.165) is 28.9 Å². The Morgan fingerprint density at radius 1 is 1.53 bits per heavy atom. The van der Waals surface area contributed by atoms with Crippen LogP contribution < -0.4 is 5.32 Å². The summed E-state index contributed by atoms with van der Waals surface area (Å²) in [5, 5.41) is 12.8. The normalized spacial score (nSPS) is 11.1. The number of hydrogen-bond donors (Lipinski definition) is 2. The van der Waals surface area contributed by atoms with Gasteiger partial charge in [-0.25, -0.2) is 4.98 Å². The molecule has 0 amide bonds. The summed E-state index contributed by atoms with van der Waals surface area (Å²) in [4.78, 5) is 4.37. The first-order valence-corrected chi connectivity index (χ1v) is 5.52. The molecule has 5 heteroatoms. The van der Waals surface area contributed by atoms with Crippen molar-refractivity contribution in [1.29, 1.82) is 0 Å². The van der Waals surface area contributed by atoms with Crippen LogP contribution in [-0.4, -0.2) is 28.1 Å². The quantitative estimate of drug-likeness (QED) is 0.890. The molecule has 0 fully saturated rings. The van der Waals surface area contributed by atoms with Gasteiger partial charge in [0.1, 0.15) is 10.4 Å². The summed E-state index contributed by atoms with van der Waals surface area (Å²) in [5.74, 6) is 1.07. The maximum absolute atomic E-state index is 9.75. The smallest absolute Gasteiger partial charge is 0.197 e. The number of likely N-dealkylation sites (N-methyl/N-ethyl adjacent to an activating group) is 1. The molecule has 2 aromatic heterocycles. The molecule has 0 spiro atoms. The van der Waals surface area contributed by atoms with E-state index in [1.807, 2.05) is 13.1 Å². The van der Waals surface area contributed by atoms with Crippen LogP contribution >= 0.6 is 15.9 Å². The largest absolute Gasteiger partial charge is 0.494 e. The highest BCUT2D eigenvalue weighted by molar-refractivity contribution is 9.10. The zero-order valence-corrected chi connectivity index (χ0v) is 9.95. The number of halogens is 1. The van der Waals surface area contributed by atoms with Gasteiger partial charge in [0.05, 0.1) is 5.52 Å². The molecule has 80 valence electrons. The molecule has 0 radical (unpaired) electrons. The predicted molar refractivity (Wildman–Crippen MR) is 62.2 cm³/mol. The number of rotatable bonds is 3. The molecular formula is C10H12BrN3O. The number of fused-ring (bicyclic) bond motifs is 1. The molecular weight excluding hydrogens is 258 g/mol. The molecule has 0 aliphatic heterocycles. The van der Waals surface area contributed by atoms with Gasteiger partial charge in [0, 0.05) is 13.0 Å². The Morgan fingerprint density at radius 2 is 2.33 bits per heavy atom. The van der Waals surface area contributed by atoms with Gasteiger partial charge in [0.25, 0.3) is 0 Å². The van der Waals surface area contributed by atoms with E-state index in [2.05, 4.69) is 26.2 Å². The van der Waals surface area contributed by atoms with Crippen LogP contribution in [0.5, 0.6) is 5.88 Å². The standard InChI is InChI=1S/C10H12BrN3O/c1-12-6-5-8-13-10(11)7-3-2-4-9(15)14(7)8/h2-4,12,15H,5-6H2,1H3. The molecule has 2 N–H and O–H groups in total. The Labute approximate surface area is 96.1 Å². The first kappa shape index (κ1) is 10.4. The van der Waals surface area contributed by atoms with Gasteiger partial charge < -0.3 is 10.4 Å². The molecule has 2 rings (SSSR count). The second-order valence-corrected chi connectivity index (χ2v) is 4.03. The molecule has 0 saturated heterocycles. The van der Waals surface area contributed by atoms with Crippen LogP contribution in [0.2, 0.25) is 0 Å². The van der Waals surface area contributed by atoms with Gasteiger partial charge in [-0.3, -0.25) is 4.40 Å². The van der Waals surface area contributed by atoms with Gasteiger partial charge in [-0.15, -0.1) is 0 Å². The molecule has 0 saturated carbocycles. The van der Waals surface area contributed by atoms with E-state index in [1.54, 1.807) is 16.5 Å². The summed E-state index contributed by atoms with van der Waals surface area (Å²) in [6.45, 7) is 0.833. The van der Waals surface area contributed by atoms with Gasteiger partial charge >= 0.3 is 0 Å². The van der Waals surface area contributed by atoms with Crippen LogP contribution in [0.3, 0.4) is 0 Å².